The van der Waals surface area contributed by atoms with E-state index in [2.05, 4.69) is 4.74 Å². The van der Waals surface area contributed by atoms with Crippen LogP contribution in [0.1, 0.15) is 30.1 Å². The first-order chi connectivity index (χ1) is 10.4. The fourth-order valence-corrected chi connectivity index (χ4v) is 4.38. The van der Waals surface area contributed by atoms with Crippen LogP contribution < -0.4 is 4.74 Å². The number of carbonyl (C=O) groups excluding carboxylic acids is 1. The molecule has 6 nitrogen and oxygen atoms in total. The van der Waals surface area contributed by atoms with E-state index in [9.17, 15) is 13.2 Å². The molecule has 2 rings (SSSR count). The zero-order valence-electron chi connectivity index (χ0n) is 12.5. The lowest BCUT2D eigenvalue weighted by atomic mass is 10.2. The molecule has 1 aliphatic heterocycles. The molecular weight excluding hydrogens is 330 g/mol. The molecule has 122 valence electrons. The molecule has 0 amide bonds. The number of methoxy groups -OCH3 is 1. The number of rotatable bonds is 5. The first-order valence-corrected chi connectivity index (χ1v) is 8.78. The summed E-state index contributed by atoms with van der Waals surface area (Å²) in [5.74, 6) is -0.460. The maximum Gasteiger partial charge on any atom is 0.341 e. The van der Waals surface area contributed by atoms with Crippen LogP contribution in [0.2, 0.25) is 5.02 Å². The van der Waals surface area contributed by atoms with Crippen molar-refractivity contribution < 1.29 is 22.7 Å². The SMILES string of the molecule is CCOc1cc(Cl)c(S(=O)(=O)N2CCCC2)cc1C(=O)OC. The van der Waals surface area contributed by atoms with Crippen molar-refractivity contribution in [3.63, 3.8) is 0 Å². The molecule has 1 aromatic rings. The molecule has 0 atom stereocenters. The zero-order valence-corrected chi connectivity index (χ0v) is 14.0. The van der Waals surface area contributed by atoms with Gasteiger partial charge in [-0.05, 0) is 25.8 Å². The fourth-order valence-electron chi connectivity index (χ4n) is 2.34. The Balaban J connectivity index is 2.54. The number of hydrogen-bond donors (Lipinski definition) is 0. The third kappa shape index (κ3) is 3.21. The summed E-state index contributed by atoms with van der Waals surface area (Å²) in [6.45, 7) is 2.99. The molecule has 1 saturated heterocycles. The lowest BCUT2D eigenvalue weighted by molar-refractivity contribution is 0.0596. The van der Waals surface area contributed by atoms with Crippen molar-refractivity contribution in [1.29, 1.82) is 0 Å². The van der Waals surface area contributed by atoms with Gasteiger partial charge in [-0.1, -0.05) is 11.6 Å². The largest absolute Gasteiger partial charge is 0.493 e. The molecule has 0 saturated carbocycles. The Hall–Kier alpha value is -1.31. The van der Waals surface area contributed by atoms with Gasteiger partial charge in [0.05, 0.1) is 18.7 Å². The van der Waals surface area contributed by atoms with Gasteiger partial charge in [0.2, 0.25) is 10.0 Å². The standard InChI is InChI=1S/C14H18ClNO5S/c1-3-21-12-9-11(15)13(8-10(12)14(17)20-2)22(18,19)16-6-4-5-7-16/h8-9H,3-7H2,1-2H3. The minimum atomic E-state index is -3.73. The summed E-state index contributed by atoms with van der Waals surface area (Å²) >= 11 is 6.11. The predicted molar refractivity (Wildman–Crippen MR) is 82.0 cm³/mol. The van der Waals surface area contributed by atoms with E-state index in [1.54, 1.807) is 6.92 Å². The monoisotopic (exact) mass is 347 g/mol. The number of benzene rings is 1. The van der Waals surface area contributed by atoms with Gasteiger partial charge in [-0.2, -0.15) is 4.31 Å². The normalized spacial score (nSPS) is 15.8. The van der Waals surface area contributed by atoms with E-state index in [1.165, 1.54) is 23.5 Å². The lowest BCUT2D eigenvalue weighted by Crippen LogP contribution is -2.28. The van der Waals surface area contributed by atoms with Gasteiger partial charge in [-0.15, -0.1) is 0 Å². The van der Waals surface area contributed by atoms with Gasteiger partial charge >= 0.3 is 5.97 Å². The molecule has 22 heavy (non-hydrogen) atoms. The van der Waals surface area contributed by atoms with Crippen LogP contribution in [0.25, 0.3) is 0 Å². The van der Waals surface area contributed by atoms with Crippen LogP contribution in [0.5, 0.6) is 5.75 Å². The van der Waals surface area contributed by atoms with Crippen molar-refractivity contribution in [2.75, 3.05) is 26.8 Å². The zero-order chi connectivity index (χ0) is 16.3. The molecular formula is C14H18ClNO5S. The fraction of sp³-hybridized carbons (Fsp3) is 0.500. The smallest absolute Gasteiger partial charge is 0.341 e. The summed E-state index contributed by atoms with van der Waals surface area (Å²) in [5, 5.41) is 0.0306. The molecule has 1 aromatic carbocycles. The highest BCUT2D eigenvalue weighted by Crippen LogP contribution is 2.33. The Labute approximate surface area is 135 Å². The van der Waals surface area contributed by atoms with E-state index in [-0.39, 0.29) is 21.2 Å². The molecule has 0 spiro atoms. The molecule has 0 bridgehead atoms. The van der Waals surface area contributed by atoms with E-state index in [1.807, 2.05) is 0 Å². The van der Waals surface area contributed by atoms with Crippen LogP contribution in [0.3, 0.4) is 0 Å². The second-order valence-corrected chi connectivity index (χ2v) is 7.13. The van der Waals surface area contributed by atoms with E-state index in [4.69, 9.17) is 16.3 Å². The Morgan fingerprint density at radius 1 is 1.32 bits per heavy atom. The summed E-state index contributed by atoms with van der Waals surface area (Å²) in [6.07, 6.45) is 1.63. The second-order valence-electron chi connectivity index (χ2n) is 4.81. The topological polar surface area (TPSA) is 72.9 Å². The third-order valence-electron chi connectivity index (χ3n) is 3.42. The van der Waals surface area contributed by atoms with Gasteiger partial charge in [0.1, 0.15) is 16.2 Å². The number of halogens is 1. The highest BCUT2D eigenvalue weighted by molar-refractivity contribution is 7.89. The molecule has 0 radical (unpaired) electrons. The third-order valence-corrected chi connectivity index (χ3v) is 5.79. The number of hydrogen-bond acceptors (Lipinski definition) is 5. The maximum absolute atomic E-state index is 12.6. The minimum Gasteiger partial charge on any atom is -0.493 e. The number of sulfonamides is 1. The van der Waals surface area contributed by atoms with E-state index >= 15 is 0 Å². The van der Waals surface area contributed by atoms with Crippen molar-refractivity contribution >= 4 is 27.6 Å². The van der Waals surface area contributed by atoms with Crippen molar-refractivity contribution in [2.45, 2.75) is 24.7 Å². The van der Waals surface area contributed by atoms with Gasteiger partial charge in [0.15, 0.2) is 0 Å². The maximum atomic E-state index is 12.6. The average Bonchev–Trinajstić information content (AvgIpc) is 3.01. The van der Waals surface area contributed by atoms with Crippen molar-refractivity contribution in [2.24, 2.45) is 0 Å². The number of ether oxygens (including phenoxy) is 2. The van der Waals surface area contributed by atoms with Crippen LogP contribution in [0, 0.1) is 0 Å². The highest BCUT2D eigenvalue weighted by Gasteiger charge is 2.31. The molecule has 1 heterocycles. The van der Waals surface area contributed by atoms with Gasteiger partial charge in [0.25, 0.3) is 0 Å². The van der Waals surface area contributed by atoms with E-state index in [0.717, 1.165) is 12.8 Å². The quantitative estimate of drug-likeness (QED) is 0.764. The molecule has 0 unspecified atom stereocenters. The van der Waals surface area contributed by atoms with Gasteiger partial charge in [-0.25, -0.2) is 13.2 Å². The minimum absolute atomic E-state index is 0.0306. The summed E-state index contributed by atoms with van der Waals surface area (Å²) in [6, 6.07) is 2.58. The van der Waals surface area contributed by atoms with Crippen LogP contribution in [0.4, 0.5) is 0 Å². The highest BCUT2D eigenvalue weighted by atomic mass is 35.5. The summed E-state index contributed by atoms with van der Waals surface area (Å²) in [7, 11) is -2.50. The molecule has 0 aromatic heterocycles. The van der Waals surface area contributed by atoms with Crippen molar-refractivity contribution in [3.05, 3.63) is 22.7 Å². The van der Waals surface area contributed by atoms with Gasteiger partial charge < -0.3 is 9.47 Å². The molecule has 1 fully saturated rings. The number of nitrogens with zero attached hydrogens (tertiary/aromatic N) is 1. The molecule has 8 heteroatoms. The van der Waals surface area contributed by atoms with Crippen LogP contribution in [-0.4, -0.2) is 45.5 Å². The Bertz CT molecular complexity index is 668. The molecule has 0 aliphatic carbocycles. The van der Waals surface area contributed by atoms with Crippen molar-refractivity contribution in [3.8, 4) is 5.75 Å². The van der Waals surface area contributed by atoms with E-state index in [0.29, 0.717) is 19.7 Å². The summed E-state index contributed by atoms with van der Waals surface area (Å²) in [4.78, 5) is 11.8. The summed E-state index contributed by atoms with van der Waals surface area (Å²) in [5.41, 5.74) is 0.0477. The van der Waals surface area contributed by atoms with Crippen LogP contribution in [-0.2, 0) is 14.8 Å². The first-order valence-electron chi connectivity index (χ1n) is 6.96. The van der Waals surface area contributed by atoms with Gasteiger partial charge in [-0.3, -0.25) is 0 Å². The Morgan fingerprint density at radius 3 is 2.50 bits per heavy atom. The van der Waals surface area contributed by atoms with Crippen molar-refractivity contribution in [1.82, 2.24) is 4.31 Å². The lowest BCUT2D eigenvalue weighted by Gasteiger charge is -2.18. The Morgan fingerprint density at radius 2 is 1.95 bits per heavy atom. The second kappa shape index (κ2) is 6.85. The number of esters is 1. The predicted octanol–water partition coefficient (Wildman–Crippen LogP) is 2.31. The molecule has 1 aliphatic rings. The molecule has 0 N–H and O–H groups in total. The van der Waals surface area contributed by atoms with Gasteiger partial charge in [0, 0.05) is 19.2 Å². The van der Waals surface area contributed by atoms with E-state index < -0.39 is 16.0 Å². The Kier molecular flexibility index (Phi) is 5.31. The van der Waals surface area contributed by atoms with Crippen LogP contribution in [0.15, 0.2) is 17.0 Å². The average molecular weight is 348 g/mol. The summed E-state index contributed by atoms with van der Waals surface area (Å²) < 4.78 is 36.7. The number of carbonyl (C=O) groups is 1. The van der Waals surface area contributed by atoms with Crippen LogP contribution >= 0.6 is 11.6 Å². The first kappa shape index (κ1) is 17.1.